The largest absolute Gasteiger partial charge is 0.349 e. The van der Waals surface area contributed by atoms with Crippen LogP contribution in [-0.2, 0) is 4.79 Å². The zero-order chi connectivity index (χ0) is 17.5. The Kier molecular flexibility index (Phi) is 5.95. The van der Waals surface area contributed by atoms with Gasteiger partial charge in [-0.15, -0.1) is 0 Å². The van der Waals surface area contributed by atoms with Crippen LogP contribution in [-0.4, -0.2) is 30.9 Å². The predicted octanol–water partition coefficient (Wildman–Crippen LogP) is 3.34. The van der Waals surface area contributed by atoms with E-state index in [-0.39, 0.29) is 24.4 Å². The molecule has 0 saturated heterocycles. The van der Waals surface area contributed by atoms with Crippen molar-refractivity contribution in [3.63, 3.8) is 0 Å². The monoisotopic (exact) mass is 325 g/mol. The molecule has 0 aromatic heterocycles. The van der Waals surface area contributed by atoms with E-state index in [1.54, 1.807) is 14.1 Å². The molecule has 1 atom stereocenters. The molecule has 0 aliphatic carbocycles. The zero-order valence-electron chi connectivity index (χ0n) is 14.2. The molecule has 5 heteroatoms. The van der Waals surface area contributed by atoms with Gasteiger partial charge < -0.3 is 15.5 Å². The van der Waals surface area contributed by atoms with Crippen LogP contribution in [0, 0.1) is 6.92 Å². The van der Waals surface area contributed by atoms with Crippen LogP contribution in [0.3, 0.4) is 0 Å². The molecule has 2 rings (SSSR count). The Morgan fingerprint density at radius 1 is 1.00 bits per heavy atom. The highest BCUT2D eigenvalue weighted by Gasteiger charge is 2.19. The summed E-state index contributed by atoms with van der Waals surface area (Å²) >= 11 is 0. The summed E-state index contributed by atoms with van der Waals surface area (Å²) in [5, 5.41) is 5.68. The Bertz CT molecular complexity index is 682. The third kappa shape index (κ3) is 5.12. The summed E-state index contributed by atoms with van der Waals surface area (Å²) in [6.45, 7) is 1.99. The summed E-state index contributed by atoms with van der Waals surface area (Å²) in [7, 11) is 3.41. The number of benzene rings is 2. The lowest BCUT2D eigenvalue weighted by atomic mass is 10.0. The van der Waals surface area contributed by atoms with Gasteiger partial charge in [0.1, 0.15) is 0 Å². The van der Waals surface area contributed by atoms with Crippen molar-refractivity contribution in [3.05, 3.63) is 65.7 Å². The molecule has 0 aliphatic heterocycles. The molecular formula is C19H23N3O2. The number of hydrogen-bond donors (Lipinski definition) is 2. The van der Waals surface area contributed by atoms with Gasteiger partial charge in [-0.05, 0) is 24.6 Å². The first-order chi connectivity index (χ1) is 11.5. The summed E-state index contributed by atoms with van der Waals surface area (Å²) in [4.78, 5) is 25.9. The van der Waals surface area contributed by atoms with Crippen LogP contribution in [0.25, 0.3) is 0 Å². The first-order valence-corrected chi connectivity index (χ1v) is 7.85. The van der Waals surface area contributed by atoms with Gasteiger partial charge in [-0.2, -0.15) is 0 Å². The Hall–Kier alpha value is -2.82. The van der Waals surface area contributed by atoms with Crippen LogP contribution >= 0.6 is 0 Å². The first-order valence-electron chi connectivity index (χ1n) is 7.85. The molecule has 0 fully saturated rings. The Labute approximate surface area is 142 Å². The second-order valence-corrected chi connectivity index (χ2v) is 5.92. The second kappa shape index (κ2) is 8.15. The van der Waals surface area contributed by atoms with Crippen LogP contribution in [0.5, 0.6) is 0 Å². The molecular weight excluding hydrogens is 302 g/mol. The lowest BCUT2D eigenvalue weighted by Gasteiger charge is -2.21. The van der Waals surface area contributed by atoms with Crippen molar-refractivity contribution in [1.82, 2.24) is 10.2 Å². The molecule has 0 radical (unpaired) electrons. The van der Waals surface area contributed by atoms with E-state index in [0.29, 0.717) is 5.69 Å². The summed E-state index contributed by atoms with van der Waals surface area (Å²) in [5.74, 6) is -0.0421. The number of nitrogens with zero attached hydrogens (tertiary/aromatic N) is 1. The van der Waals surface area contributed by atoms with Crippen LogP contribution in [0.4, 0.5) is 10.5 Å². The molecule has 2 aromatic carbocycles. The van der Waals surface area contributed by atoms with Crippen LogP contribution in [0.1, 0.15) is 23.6 Å². The van der Waals surface area contributed by atoms with Gasteiger partial charge in [0.2, 0.25) is 5.91 Å². The zero-order valence-corrected chi connectivity index (χ0v) is 14.2. The first kappa shape index (κ1) is 17.5. The number of carbonyl (C=O) groups excluding carboxylic acids is 2. The Morgan fingerprint density at radius 2 is 1.62 bits per heavy atom. The van der Waals surface area contributed by atoms with E-state index in [1.165, 1.54) is 4.90 Å². The standard InChI is InChI=1S/C19H23N3O2/c1-14-9-11-16(12-10-14)20-19(24)21-17(13-18(23)22(2)3)15-7-5-4-6-8-15/h4-12,17H,13H2,1-3H3,(H2,20,21,24)/t17-/m1/s1. The number of rotatable bonds is 5. The van der Waals surface area contributed by atoms with Crippen molar-refractivity contribution in [2.24, 2.45) is 0 Å². The normalized spacial score (nSPS) is 11.5. The summed E-state index contributed by atoms with van der Waals surface area (Å²) in [5.41, 5.74) is 2.73. The number of hydrogen-bond acceptors (Lipinski definition) is 2. The molecule has 0 heterocycles. The molecule has 0 saturated carbocycles. The van der Waals surface area contributed by atoms with Crippen LogP contribution in [0.15, 0.2) is 54.6 Å². The maximum Gasteiger partial charge on any atom is 0.319 e. The van der Waals surface area contributed by atoms with Crippen molar-refractivity contribution >= 4 is 17.6 Å². The summed E-state index contributed by atoms with van der Waals surface area (Å²) in [6.07, 6.45) is 0.207. The average molecular weight is 325 g/mol. The van der Waals surface area contributed by atoms with E-state index in [2.05, 4.69) is 10.6 Å². The third-order valence-electron chi connectivity index (χ3n) is 3.69. The van der Waals surface area contributed by atoms with Gasteiger partial charge >= 0.3 is 6.03 Å². The van der Waals surface area contributed by atoms with Crippen LogP contribution < -0.4 is 10.6 Å². The number of anilines is 1. The maximum atomic E-state index is 12.3. The molecule has 3 amide bonds. The van der Waals surface area contributed by atoms with E-state index in [9.17, 15) is 9.59 Å². The smallest absolute Gasteiger partial charge is 0.319 e. The number of aryl methyl sites for hydroxylation is 1. The van der Waals surface area contributed by atoms with Crippen LogP contribution in [0.2, 0.25) is 0 Å². The summed E-state index contributed by atoms with van der Waals surface area (Å²) in [6, 6.07) is 16.3. The van der Waals surface area contributed by atoms with E-state index < -0.39 is 0 Å². The lowest BCUT2D eigenvalue weighted by molar-refractivity contribution is -0.129. The average Bonchev–Trinajstić information content (AvgIpc) is 2.57. The van der Waals surface area contributed by atoms with Gasteiger partial charge in [0.15, 0.2) is 0 Å². The molecule has 126 valence electrons. The van der Waals surface area contributed by atoms with E-state index in [0.717, 1.165) is 11.1 Å². The van der Waals surface area contributed by atoms with Gasteiger partial charge in [-0.25, -0.2) is 4.79 Å². The molecule has 0 aliphatic rings. The fourth-order valence-corrected chi connectivity index (χ4v) is 2.26. The molecule has 2 N–H and O–H groups in total. The quantitative estimate of drug-likeness (QED) is 0.886. The van der Waals surface area contributed by atoms with E-state index in [4.69, 9.17) is 0 Å². The van der Waals surface area contributed by atoms with Gasteiger partial charge in [-0.3, -0.25) is 4.79 Å². The highest BCUT2D eigenvalue weighted by atomic mass is 16.2. The van der Waals surface area contributed by atoms with Crippen molar-refractivity contribution in [3.8, 4) is 0 Å². The third-order valence-corrected chi connectivity index (χ3v) is 3.69. The SMILES string of the molecule is Cc1ccc(NC(=O)N[C@H](CC(=O)N(C)C)c2ccccc2)cc1. The van der Waals surface area contributed by atoms with Crippen molar-refractivity contribution < 1.29 is 9.59 Å². The molecule has 0 bridgehead atoms. The predicted molar refractivity (Wildman–Crippen MR) is 95.8 cm³/mol. The minimum absolute atomic E-state index is 0.0421. The topological polar surface area (TPSA) is 61.4 Å². The van der Waals surface area contributed by atoms with Gasteiger partial charge in [-0.1, -0.05) is 48.0 Å². The minimum atomic E-state index is -0.383. The van der Waals surface area contributed by atoms with Gasteiger partial charge in [0.05, 0.1) is 12.5 Å². The number of urea groups is 1. The lowest BCUT2D eigenvalue weighted by Crippen LogP contribution is -2.36. The Morgan fingerprint density at radius 3 is 2.21 bits per heavy atom. The van der Waals surface area contributed by atoms with Crippen molar-refractivity contribution in [2.75, 3.05) is 19.4 Å². The molecule has 2 aromatic rings. The van der Waals surface area contributed by atoms with Gasteiger partial charge in [0.25, 0.3) is 0 Å². The molecule has 0 spiro atoms. The maximum absolute atomic E-state index is 12.3. The second-order valence-electron chi connectivity index (χ2n) is 5.92. The molecule has 24 heavy (non-hydrogen) atoms. The number of amides is 3. The van der Waals surface area contributed by atoms with E-state index >= 15 is 0 Å². The Balaban J connectivity index is 2.08. The van der Waals surface area contributed by atoms with E-state index in [1.807, 2.05) is 61.5 Å². The fourth-order valence-electron chi connectivity index (χ4n) is 2.26. The highest BCUT2D eigenvalue weighted by molar-refractivity contribution is 5.90. The fraction of sp³-hybridized carbons (Fsp3) is 0.263. The van der Waals surface area contributed by atoms with Crippen molar-refractivity contribution in [2.45, 2.75) is 19.4 Å². The highest BCUT2D eigenvalue weighted by Crippen LogP contribution is 2.18. The van der Waals surface area contributed by atoms with Crippen molar-refractivity contribution in [1.29, 1.82) is 0 Å². The number of carbonyl (C=O) groups is 2. The molecule has 0 unspecified atom stereocenters. The summed E-state index contributed by atoms with van der Waals surface area (Å²) < 4.78 is 0. The molecule has 5 nitrogen and oxygen atoms in total. The minimum Gasteiger partial charge on any atom is -0.349 e. The number of nitrogens with one attached hydrogen (secondary N) is 2. The van der Waals surface area contributed by atoms with Gasteiger partial charge in [0, 0.05) is 19.8 Å².